The molecule has 2 aromatic rings. The molecule has 0 saturated carbocycles. The first-order valence-electron chi connectivity index (χ1n) is 9.09. The van der Waals surface area contributed by atoms with Gasteiger partial charge < -0.3 is 29.0 Å². The second-order valence-electron chi connectivity index (χ2n) is 6.49. The first kappa shape index (κ1) is 19.4. The Morgan fingerprint density at radius 2 is 1.73 bits per heavy atom. The van der Waals surface area contributed by atoms with E-state index >= 15 is 0 Å². The molecule has 2 aliphatic rings. The SMILES string of the molecule is C[C@@H]1Oc2ccccc2O[C@H]1C(=O)OCC(=O)NC(=O)Nc1ccc2c(c1)OCO2. The number of hydrogen-bond acceptors (Lipinski definition) is 8. The third-order valence-electron chi connectivity index (χ3n) is 4.30. The van der Waals surface area contributed by atoms with Crippen LogP contribution < -0.4 is 29.6 Å². The first-order valence-corrected chi connectivity index (χ1v) is 9.09. The summed E-state index contributed by atoms with van der Waals surface area (Å²) in [5.74, 6) is 0.403. The highest BCUT2D eigenvalue weighted by molar-refractivity contribution is 6.02. The van der Waals surface area contributed by atoms with Gasteiger partial charge in [-0.05, 0) is 31.2 Å². The second kappa shape index (κ2) is 8.19. The van der Waals surface area contributed by atoms with Crippen molar-refractivity contribution in [2.75, 3.05) is 18.7 Å². The minimum Gasteiger partial charge on any atom is -0.482 e. The summed E-state index contributed by atoms with van der Waals surface area (Å²) in [6.45, 7) is 1.11. The lowest BCUT2D eigenvalue weighted by atomic mass is 10.2. The smallest absolute Gasteiger partial charge is 0.351 e. The zero-order chi connectivity index (χ0) is 21.1. The Kier molecular flexibility index (Phi) is 5.29. The van der Waals surface area contributed by atoms with Crippen LogP contribution in [-0.4, -0.2) is 43.5 Å². The van der Waals surface area contributed by atoms with Crippen LogP contribution in [0.3, 0.4) is 0 Å². The van der Waals surface area contributed by atoms with Gasteiger partial charge >= 0.3 is 12.0 Å². The highest BCUT2D eigenvalue weighted by atomic mass is 16.7. The molecule has 156 valence electrons. The maximum atomic E-state index is 12.3. The largest absolute Gasteiger partial charge is 0.482 e. The molecule has 0 radical (unpaired) electrons. The molecule has 2 aromatic carbocycles. The number of amides is 3. The zero-order valence-electron chi connectivity index (χ0n) is 15.9. The van der Waals surface area contributed by atoms with E-state index in [1.54, 1.807) is 49.4 Å². The predicted molar refractivity (Wildman–Crippen MR) is 102 cm³/mol. The van der Waals surface area contributed by atoms with Gasteiger partial charge in [-0.25, -0.2) is 9.59 Å². The molecule has 0 unspecified atom stereocenters. The number of nitrogens with one attached hydrogen (secondary N) is 2. The van der Waals surface area contributed by atoms with Crippen LogP contribution in [-0.2, 0) is 14.3 Å². The molecule has 0 aliphatic carbocycles. The highest BCUT2D eigenvalue weighted by Gasteiger charge is 2.35. The summed E-state index contributed by atoms with van der Waals surface area (Å²) >= 11 is 0. The lowest BCUT2D eigenvalue weighted by Gasteiger charge is -2.30. The van der Waals surface area contributed by atoms with Crippen LogP contribution in [0.5, 0.6) is 23.0 Å². The fourth-order valence-corrected chi connectivity index (χ4v) is 2.90. The summed E-state index contributed by atoms with van der Waals surface area (Å²) in [5.41, 5.74) is 0.404. The zero-order valence-corrected chi connectivity index (χ0v) is 15.9. The monoisotopic (exact) mass is 414 g/mol. The highest BCUT2D eigenvalue weighted by Crippen LogP contribution is 2.34. The summed E-state index contributed by atoms with van der Waals surface area (Å²) in [4.78, 5) is 36.2. The molecule has 0 bridgehead atoms. The van der Waals surface area contributed by atoms with Crippen molar-refractivity contribution in [1.82, 2.24) is 5.32 Å². The van der Waals surface area contributed by atoms with Gasteiger partial charge in [0.25, 0.3) is 5.91 Å². The van der Waals surface area contributed by atoms with E-state index in [0.717, 1.165) is 0 Å². The first-order chi connectivity index (χ1) is 14.5. The van der Waals surface area contributed by atoms with E-state index in [9.17, 15) is 14.4 Å². The molecule has 0 saturated heterocycles. The number of anilines is 1. The Morgan fingerprint density at radius 1 is 1.00 bits per heavy atom. The predicted octanol–water partition coefficient (Wildman–Crippen LogP) is 1.84. The number of esters is 1. The van der Waals surface area contributed by atoms with Crippen LogP contribution in [0.1, 0.15) is 6.92 Å². The van der Waals surface area contributed by atoms with E-state index in [0.29, 0.717) is 28.7 Å². The van der Waals surface area contributed by atoms with Gasteiger partial charge in [0.1, 0.15) is 6.10 Å². The van der Waals surface area contributed by atoms with Gasteiger partial charge in [-0.15, -0.1) is 0 Å². The summed E-state index contributed by atoms with van der Waals surface area (Å²) in [7, 11) is 0. The number of hydrogen-bond donors (Lipinski definition) is 2. The summed E-state index contributed by atoms with van der Waals surface area (Å²) < 4.78 is 26.6. The van der Waals surface area contributed by atoms with Crippen LogP contribution in [0.15, 0.2) is 42.5 Å². The molecule has 0 spiro atoms. The third-order valence-corrected chi connectivity index (χ3v) is 4.30. The Balaban J connectivity index is 1.25. The van der Waals surface area contributed by atoms with E-state index < -0.39 is 36.7 Å². The van der Waals surface area contributed by atoms with E-state index in [1.165, 1.54) is 0 Å². The Labute approximate surface area is 171 Å². The molecule has 4 rings (SSSR count). The topological polar surface area (TPSA) is 121 Å². The molecule has 0 aromatic heterocycles. The van der Waals surface area contributed by atoms with E-state index in [2.05, 4.69) is 10.6 Å². The van der Waals surface area contributed by atoms with Crippen molar-refractivity contribution in [2.24, 2.45) is 0 Å². The number of fused-ring (bicyclic) bond motifs is 2. The Hall–Kier alpha value is -3.95. The number of urea groups is 1. The van der Waals surface area contributed by atoms with Crippen LogP contribution >= 0.6 is 0 Å². The number of ether oxygens (including phenoxy) is 5. The third kappa shape index (κ3) is 4.22. The van der Waals surface area contributed by atoms with Crippen molar-refractivity contribution < 1.29 is 38.1 Å². The number of imide groups is 1. The van der Waals surface area contributed by atoms with Crippen molar-refractivity contribution in [3.63, 3.8) is 0 Å². The average molecular weight is 414 g/mol. The molecule has 2 heterocycles. The Morgan fingerprint density at radius 3 is 2.53 bits per heavy atom. The van der Waals surface area contributed by atoms with Gasteiger partial charge in [-0.3, -0.25) is 10.1 Å². The second-order valence-corrected chi connectivity index (χ2v) is 6.49. The van der Waals surface area contributed by atoms with Crippen LogP contribution in [0.25, 0.3) is 0 Å². The minimum absolute atomic E-state index is 0.106. The van der Waals surface area contributed by atoms with Crippen molar-refractivity contribution >= 4 is 23.6 Å². The summed E-state index contributed by atoms with van der Waals surface area (Å²) in [6, 6.07) is 10.9. The van der Waals surface area contributed by atoms with E-state index in [1.807, 2.05) is 0 Å². The summed E-state index contributed by atoms with van der Waals surface area (Å²) in [6.07, 6.45) is -1.64. The number of para-hydroxylation sites is 2. The molecule has 30 heavy (non-hydrogen) atoms. The molecule has 2 aliphatic heterocycles. The summed E-state index contributed by atoms with van der Waals surface area (Å²) in [5, 5.41) is 4.55. The molecule has 0 fully saturated rings. The molecule has 2 atom stereocenters. The van der Waals surface area contributed by atoms with Crippen molar-refractivity contribution in [2.45, 2.75) is 19.1 Å². The average Bonchev–Trinajstić information content (AvgIpc) is 3.19. The van der Waals surface area contributed by atoms with Crippen LogP contribution in [0.2, 0.25) is 0 Å². The van der Waals surface area contributed by atoms with Crippen molar-refractivity contribution in [3.05, 3.63) is 42.5 Å². The number of carbonyl (C=O) groups is 3. The molecular formula is C20H18N2O8. The Bertz CT molecular complexity index is 993. The van der Waals surface area contributed by atoms with Crippen LogP contribution in [0, 0.1) is 0 Å². The normalized spacial score (nSPS) is 18.3. The standard InChI is InChI=1S/C20H18N2O8/c1-11-18(30-15-5-3-2-4-14(15)29-11)19(24)26-9-17(23)22-20(25)21-12-6-7-13-16(8-12)28-10-27-13/h2-8,11,18H,9-10H2,1H3,(H2,21,22,23,25)/t11-,18+/m0/s1. The maximum Gasteiger partial charge on any atom is 0.351 e. The van der Waals surface area contributed by atoms with Gasteiger partial charge in [0.15, 0.2) is 29.6 Å². The quantitative estimate of drug-likeness (QED) is 0.727. The molecular weight excluding hydrogens is 396 g/mol. The van der Waals surface area contributed by atoms with Gasteiger partial charge in [-0.2, -0.15) is 0 Å². The lowest BCUT2D eigenvalue weighted by Crippen LogP contribution is -2.45. The van der Waals surface area contributed by atoms with Crippen LogP contribution in [0.4, 0.5) is 10.5 Å². The molecule has 10 heteroatoms. The minimum atomic E-state index is -1.03. The van der Waals surface area contributed by atoms with E-state index in [4.69, 9.17) is 23.7 Å². The maximum absolute atomic E-state index is 12.3. The van der Waals surface area contributed by atoms with Crippen molar-refractivity contribution in [1.29, 1.82) is 0 Å². The van der Waals surface area contributed by atoms with Gasteiger partial charge in [0, 0.05) is 11.8 Å². The number of rotatable bonds is 4. The lowest BCUT2D eigenvalue weighted by molar-refractivity contribution is -0.160. The van der Waals surface area contributed by atoms with E-state index in [-0.39, 0.29) is 6.79 Å². The van der Waals surface area contributed by atoms with Gasteiger partial charge in [0.05, 0.1) is 0 Å². The van der Waals surface area contributed by atoms with Gasteiger partial charge in [-0.1, -0.05) is 12.1 Å². The fraction of sp³-hybridized carbons (Fsp3) is 0.250. The molecule has 10 nitrogen and oxygen atoms in total. The molecule has 3 amide bonds. The number of carbonyl (C=O) groups excluding carboxylic acids is 3. The molecule has 2 N–H and O–H groups in total. The van der Waals surface area contributed by atoms with Crippen molar-refractivity contribution in [3.8, 4) is 23.0 Å². The van der Waals surface area contributed by atoms with Gasteiger partial charge in [0.2, 0.25) is 12.9 Å². The fourth-order valence-electron chi connectivity index (χ4n) is 2.90. The number of benzene rings is 2.